The van der Waals surface area contributed by atoms with Gasteiger partial charge in [-0.05, 0) is 39.2 Å². The van der Waals surface area contributed by atoms with Gasteiger partial charge in [0.25, 0.3) is 0 Å². The first-order chi connectivity index (χ1) is 11.1. The van der Waals surface area contributed by atoms with Gasteiger partial charge in [-0.1, -0.05) is 0 Å². The molecule has 0 aromatic carbocycles. The summed E-state index contributed by atoms with van der Waals surface area (Å²) >= 11 is 1.73. The minimum absolute atomic E-state index is 0.0973. The lowest BCUT2D eigenvalue weighted by Crippen LogP contribution is -2.38. The van der Waals surface area contributed by atoms with E-state index in [0.29, 0.717) is 18.4 Å². The summed E-state index contributed by atoms with van der Waals surface area (Å²) in [6.45, 7) is 7.31. The molecule has 2 saturated heterocycles. The Bertz CT molecular complexity index is 528. The molecule has 2 atom stereocenters. The number of likely N-dealkylation sites (tertiary alicyclic amines) is 1. The zero-order chi connectivity index (χ0) is 16.2. The Morgan fingerprint density at radius 2 is 2.39 bits per heavy atom. The second kappa shape index (κ2) is 7.73. The Balaban J connectivity index is 1.45. The van der Waals surface area contributed by atoms with Gasteiger partial charge in [-0.25, -0.2) is 4.98 Å². The van der Waals surface area contributed by atoms with E-state index in [1.54, 1.807) is 11.3 Å². The predicted octanol–water partition coefficient (Wildman–Crippen LogP) is 2.16. The molecule has 2 fully saturated rings. The van der Waals surface area contributed by atoms with E-state index in [1.165, 1.54) is 4.88 Å². The Kier molecular flexibility index (Phi) is 5.67. The quantitative estimate of drug-likeness (QED) is 0.826. The van der Waals surface area contributed by atoms with E-state index in [9.17, 15) is 4.79 Å². The number of thiazole rings is 1. The number of ether oxygens (including phenoxy) is 1. The highest BCUT2D eigenvalue weighted by Crippen LogP contribution is 2.23. The summed E-state index contributed by atoms with van der Waals surface area (Å²) in [5.41, 5.74) is 3.06. The number of aromatic nitrogens is 1. The third-order valence-electron chi connectivity index (χ3n) is 4.94. The second-order valence-corrected chi connectivity index (χ2v) is 7.85. The maximum Gasteiger partial charge on any atom is 0.228 e. The van der Waals surface area contributed by atoms with Crippen LogP contribution in [0.15, 0.2) is 5.51 Å². The van der Waals surface area contributed by atoms with Crippen LogP contribution in [0.1, 0.15) is 29.8 Å². The normalized spacial score (nSPS) is 25.3. The van der Waals surface area contributed by atoms with Crippen LogP contribution >= 0.6 is 11.3 Å². The van der Waals surface area contributed by atoms with Crippen LogP contribution in [0.4, 0.5) is 0 Å². The molecular formula is C17H27N3O2S. The molecule has 2 aliphatic rings. The molecule has 0 unspecified atom stereocenters. The Morgan fingerprint density at radius 1 is 1.52 bits per heavy atom. The van der Waals surface area contributed by atoms with E-state index in [0.717, 1.165) is 57.7 Å². The molecule has 1 aromatic rings. The van der Waals surface area contributed by atoms with Crippen molar-refractivity contribution in [3.05, 3.63) is 16.1 Å². The van der Waals surface area contributed by atoms with Gasteiger partial charge >= 0.3 is 0 Å². The van der Waals surface area contributed by atoms with E-state index in [2.05, 4.69) is 28.8 Å². The molecule has 3 heterocycles. The van der Waals surface area contributed by atoms with E-state index in [-0.39, 0.29) is 5.92 Å². The molecule has 3 rings (SSSR count). The third kappa shape index (κ3) is 4.31. The summed E-state index contributed by atoms with van der Waals surface area (Å²) in [4.78, 5) is 22.6. The van der Waals surface area contributed by atoms with Gasteiger partial charge in [0.05, 0.1) is 23.7 Å². The molecule has 5 nitrogen and oxygen atoms in total. The van der Waals surface area contributed by atoms with Crippen molar-refractivity contribution in [2.24, 2.45) is 11.8 Å². The topological polar surface area (TPSA) is 45.7 Å². The molecule has 2 aliphatic heterocycles. The molecule has 23 heavy (non-hydrogen) atoms. The summed E-state index contributed by atoms with van der Waals surface area (Å²) in [7, 11) is 2.17. The van der Waals surface area contributed by atoms with Crippen molar-refractivity contribution in [3.63, 3.8) is 0 Å². The van der Waals surface area contributed by atoms with Crippen LogP contribution in [0.5, 0.6) is 0 Å². The smallest absolute Gasteiger partial charge is 0.228 e. The zero-order valence-electron chi connectivity index (χ0n) is 14.2. The number of rotatable bonds is 5. The van der Waals surface area contributed by atoms with Crippen LogP contribution in [0.25, 0.3) is 0 Å². The van der Waals surface area contributed by atoms with E-state index < -0.39 is 0 Å². The van der Waals surface area contributed by atoms with Crippen molar-refractivity contribution in [3.8, 4) is 0 Å². The van der Waals surface area contributed by atoms with E-state index in [1.807, 2.05) is 5.51 Å². The van der Waals surface area contributed by atoms with Crippen LogP contribution in [0.3, 0.4) is 0 Å². The number of nitrogens with zero attached hydrogens (tertiary/aromatic N) is 3. The lowest BCUT2D eigenvalue weighted by atomic mass is 10.0. The molecule has 0 N–H and O–H groups in total. The van der Waals surface area contributed by atoms with Gasteiger partial charge in [0, 0.05) is 37.7 Å². The molecule has 1 aromatic heterocycles. The molecule has 0 radical (unpaired) electrons. The highest BCUT2D eigenvalue weighted by atomic mass is 32.1. The molecule has 6 heteroatoms. The largest absolute Gasteiger partial charge is 0.381 e. The van der Waals surface area contributed by atoms with Crippen molar-refractivity contribution in [1.82, 2.24) is 14.8 Å². The van der Waals surface area contributed by atoms with Crippen molar-refractivity contribution in [2.75, 3.05) is 39.9 Å². The van der Waals surface area contributed by atoms with Crippen molar-refractivity contribution in [2.45, 2.75) is 32.7 Å². The average Bonchev–Trinajstić information content (AvgIpc) is 3.17. The Hall–Kier alpha value is -0.980. The molecule has 0 spiro atoms. The first kappa shape index (κ1) is 16.9. The van der Waals surface area contributed by atoms with Gasteiger partial charge in [0.1, 0.15) is 0 Å². The molecular weight excluding hydrogens is 310 g/mol. The average molecular weight is 337 g/mol. The van der Waals surface area contributed by atoms with E-state index in [4.69, 9.17) is 4.74 Å². The second-order valence-electron chi connectivity index (χ2n) is 6.91. The minimum atomic E-state index is 0.0973. The first-order valence-electron chi connectivity index (χ1n) is 8.57. The first-order valence-corrected chi connectivity index (χ1v) is 9.45. The number of hydrogen-bond acceptors (Lipinski definition) is 5. The van der Waals surface area contributed by atoms with Crippen molar-refractivity contribution >= 4 is 17.2 Å². The van der Waals surface area contributed by atoms with Crippen LogP contribution in [0, 0.1) is 18.8 Å². The van der Waals surface area contributed by atoms with Crippen LogP contribution in [-0.2, 0) is 16.1 Å². The lowest BCUT2D eigenvalue weighted by Gasteiger charge is -2.27. The van der Waals surface area contributed by atoms with Crippen LogP contribution in [-0.4, -0.2) is 60.6 Å². The maximum absolute atomic E-state index is 12.6. The van der Waals surface area contributed by atoms with Gasteiger partial charge in [-0.3, -0.25) is 4.79 Å². The molecule has 0 saturated carbocycles. The SMILES string of the molecule is Cc1ncsc1CN(C)C[C@@H]1CCN(C(=O)[C@@H]2CCCOC2)C1. The number of aryl methyl sites for hydroxylation is 1. The molecule has 1 amide bonds. The fraction of sp³-hybridized carbons (Fsp3) is 0.765. The summed E-state index contributed by atoms with van der Waals surface area (Å²) in [6, 6.07) is 0. The third-order valence-corrected chi connectivity index (χ3v) is 5.86. The summed E-state index contributed by atoms with van der Waals surface area (Å²) < 4.78 is 5.46. The van der Waals surface area contributed by atoms with Crippen molar-refractivity contribution in [1.29, 1.82) is 0 Å². The summed E-state index contributed by atoms with van der Waals surface area (Å²) in [5, 5.41) is 0. The number of amides is 1. The fourth-order valence-electron chi connectivity index (χ4n) is 3.60. The monoisotopic (exact) mass is 337 g/mol. The number of carbonyl (C=O) groups is 1. The van der Waals surface area contributed by atoms with Crippen molar-refractivity contribution < 1.29 is 9.53 Å². The van der Waals surface area contributed by atoms with Gasteiger partial charge < -0.3 is 14.5 Å². The summed E-state index contributed by atoms with van der Waals surface area (Å²) in [6.07, 6.45) is 3.13. The standard InChI is InChI=1S/C17H27N3O2S/c1-13-16(23-12-18-13)10-19(2)8-14-5-6-20(9-14)17(21)15-4-3-7-22-11-15/h12,14-15H,3-11H2,1-2H3/t14-,15+/m0/s1. The van der Waals surface area contributed by atoms with Crippen LogP contribution in [0.2, 0.25) is 0 Å². The number of hydrogen-bond donors (Lipinski definition) is 0. The predicted molar refractivity (Wildman–Crippen MR) is 91.4 cm³/mol. The molecule has 0 bridgehead atoms. The van der Waals surface area contributed by atoms with E-state index >= 15 is 0 Å². The van der Waals surface area contributed by atoms with Crippen LogP contribution < -0.4 is 0 Å². The van der Waals surface area contributed by atoms with Gasteiger partial charge in [0.15, 0.2) is 0 Å². The minimum Gasteiger partial charge on any atom is -0.381 e. The van der Waals surface area contributed by atoms with Gasteiger partial charge in [-0.2, -0.15) is 0 Å². The highest BCUT2D eigenvalue weighted by Gasteiger charge is 2.32. The highest BCUT2D eigenvalue weighted by molar-refractivity contribution is 7.09. The lowest BCUT2D eigenvalue weighted by molar-refractivity contribution is -0.138. The molecule has 0 aliphatic carbocycles. The van der Waals surface area contributed by atoms with Gasteiger partial charge in [0.2, 0.25) is 5.91 Å². The fourth-order valence-corrected chi connectivity index (χ4v) is 4.46. The summed E-state index contributed by atoms with van der Waals surface area (Å²) in [5.74, 6) is 0.995. The molecule has 128 valence electrons. The Morgan fingerprint density at radius 3 is 3.09 bits per heavy atom. The number of carbonyl (C=O) groups excluding carboxylic acids is 1. The zero-order valence-corrected chi connectivity index (χ0v) is 15.0. The maximum atomic E-state index is 12.6. The van der Waals surface area contributed by atoms with Gasteiger partial charge in [-0.15, -0.1) is 11.3 Å². The Labute approximate surface area is 142 Å².